The number of piperazine rings is 1. The third-order valence-corrected chi connectivity index (χ3v) is 4.64. The van der Waals surface area contributed by atoms with Crippen LogP contribution in [0.5, 0.6) is 0 Å². The number of nitrogens with one attached hydrogen (secondary N) is 3. The Balaban J connectivity index is 1.37. The molecule has 0 saturated carbocycles. The molecule has 1 aliphatic heterocycles. The average Bonchev–Trinajstić information content (AvgIpc) is 2.80. The first-order valence-electron chi connectivity index (χ1n) is 9.85. The largest absolute Gasteiger partial charge is 0.453 e. The van der Waals surface area contributed by atoms with Crippen molar-refractivity contribution in [3.8, 4) is 0 Å². The highest BCUT2D eigenvalue weighted by Gasteiger charge is 2.22. The van der Waals surface area contributed by atoms with Gasteiger partial charge in [0, 0.05) is 62.9 Å². The fourth-order valence-electron chi connectivity index (χ4n) is 3.07. The standard InChI is InChI=1S/C20H25N7O4/c1-31-20(30)25-16-5-2-4-15(14-16)24-19(29)23-9-6-17(28)26-10-12-27(13-11-26)18-21-7-3-8-22-18/h2-5,7-8,14H,6,9-13H2,1H3,(H,25,30)(H2,23,24,29). The molecule has 3 N–H and O–H groups in total. The lowest BCUT2D eigenvalue weighted by Crippen LogP contribution is -2.49. The van der Waals surface area contributed by atoms with E-state index >= 15 is 0 Å². The van der Waals surface area contributed by atoms with E-state index in [9.17, 15) is 14.4 Å². The minimum Gasteiger partial charge on any atom is -0.453 e. The predicted molar refractivity (Wildman–Crippen MR) is 115 cm³/mol. The van der Waals surface area contributed by atoms with Gasteiger partial charge in [-0.05, 0) is 24.3 Å². The monoisotopic (exact) mass is 427 g/mol. The second-order valence-electron chi connectivity index (χ2n) is 6.74. The summed E-state index contributed by atoms with van der Waals surface area (Å²) in [6, 6.07) is 7.96. The molecular weight excluding hydrogens is 402 g/mol. The van der Waals surface area contributed by atoms with E-state index in [4.69, 9.17) is 0 Å². The topological polar surface area (TPSA) is 129 Å². The Bertz CT molecular complexity index is 901. The van der Waals surface area contributed by atoms with Gasteiger partial charge in [0.05, 0.1) is 7.11 Å². The van der Waals surface area contributed by atoms with Gasteiger partial charge in [-0.25, -0.2) is 19.6 Å². The zero-order valence-corrected chi connectivity index (χ0v) is 17.2. The molecule has 2 aromatic rings. The summed E-state index contributed by atoms with van der Waals surface area (Å²) in [4.78, 5) is 48.0. The Morgan fingerprint density at radius 2 is 1.68 bits per heavy atom. The molecule has 0 radical (unpaired) electrons. The van der Waals surface area contributed by atoms with E-state index in [0.29, 0.717) is 43.5 Å². The molecule has 31 heavy (non-hydrogen) atoms. The molecule has 11 nitrogen and oxygen atoms in total. The third kappa shape index (κ3) is 6.56. The summed E-state index contributed by atoms with van der Waals surface area (Å²) >= 11 is 0. The summed E-state index contributed by atoms with van der Waals surface area (Å²) < 4.78 is 4.53. The van der Waals surface area contributed by atoms with Crippen LogP contribution in [0, 0.1) is 0 Å². The van der Waals surface area contributed by atoms with Gasteiger partial charge in [0.25, 0.3) is 0 Å². The summed E-state index contributed by atoms with van der Waals surface area (Å²) in [5, 5.41) is 7.85. The highest BCUT2D eigenvalue weighted by atomic mass is 16.5. The van der Waals surface area contributed by atoms with Crippen molar-refractivity contribution in [1.82, 2.24) is 20.2 Å². The lowest BCUT2D eigenvalue weighted by Gasteiger charge is -2.34. The van der Waals surface area contributed by atoms with Gasteiger partial charge >= 0.3 is 12.1 Å². The molecule has 1 saturated heterocycles. The number of urea groups is 1. The van der Waals surface area contributed by atoms with Crippen LogP contribution in [0.1, 0.15) is 6.42 Å². The van der Waals surface area contributed by atoms with Crippen molar-refractivity contribution in [1.29, 1.82) is 0 Å². The minimum absolute atomic E-state index is 0.0156. The van der Waals surface area contributed by atoms with Crippen molar-refractivity contribution in [3.05, 3.63) is 42.7 Å². The van der Waals surface area contributed by atoms with Gasteiger partial charge in [-0.3, -0.25) is 10.1 Å². The molecular formula is C20H25N7O4. The first kappa shape index (κ1) is 21.8. The molecule has 0 aliphatic carbocycles. The maximum absolute atomic E-state index is 12.4. The molecule has 1 fully saturated rings. The summed E-state index contributed by atoms with van der Waals surface area (Å²) in [6.45, 7) is 2.72. The predicted octanol–water partition coefficient (Wildman–Crippen LogP) is 1.52. The van der Waals surface area contributed by atoms with Gasteiger partial charge in [-0.2, -0.15) is 0 Å². The van der Waals surface area contributed by atoms with Gasteiger partial charge < -0.3 is 25.2 Å². The maximum Gasteiger partial charge on any atom is 0.411 e. The van der Waals surface area contributed by atoms with Crippen molar-refractivity contribution in [2.24, 2.45) is 0 Å². The Morgan fingerprint density at radius 3 is 2.35 bits per heavy atom. The van der Waals surface area contributed by atoms with E-state index in [1.807, 2.05) is 4.90 Å². The van der Waals surface area contributed by atoms with Crippen LogP contribution >= 0.6 is 0 Å². The molecule has 0 bridgehead atoms. The number of methoxy groups -OCH3 is 1. The Hall–Kier alpha value is -3.89. The van der Waals surface area contributed by atoms with E-state index in [1.165, 1.54) is 7.11 Å². The van der Waals surface area contributed by atoms with Crippen LogP contribution in [0.15, 0.2) is 42.7 Å². The van der Waals surface area contributed by atoms with E-state index < -0.39 is 12.1 Å². The summed E-state index contributed by atoms with van der Waals surface area (Å²) in [5.41, 5.74) is 0.983. The van der Waals surface area contributed by atoms with Crippen molar-refractivity contribution in [3.63, 3.8) is 0 Å². The molecule has 2 heterocycles. The fraction of sp³-hybridized carbons (Fsp3) is 0.350. The van der Waals surface area contributed by atoms with Crippen molar-refractivity contribution in [2.75, 3.05) is 55.4 Å². The summed E-state index contributed by atoms with van der Waals surface area (Å²) in [7, 11) is 1.27. The van der Waals surface area contributed by atoms with E-state index in [0.717, 1.165) is 0 Å². The lowest BCUT2D eigenvalue weighted by molar-refractivity contribution is -0.131. The number of rotatable bonds is 6. The number of nitrogens with zero attached hydrogens (tertiary/aromatic N) is 4. The van der Waals surface area contributed by atoms with E-state index in [2.05, 4.69) is 30.7 Å². The number of carbonyl (C=O) groups excluding carboxylic acids is 3. The molecule has 0 atom stereocenters. The Kier molecular flexibility index (Phi) is 7.57. The van der Waals surface area contributed by atoms with Crippen molar-refractivity contribution < 1.29 is 19.1 Å². The fourth-order valence-corrected chi connectivity index (χ4v) is 3.07. The van der Waals surface area contributed by atoms with Crippen LogP contribution in [0.4, 0.5) is 26.9 Å². The number of anilines is 3. The van der Waals surface area contributed by atoms with Crippen LogP contribution < -0.4 is 20.9 Å². The van der Waals surface area contributed by atoms with Gasteiger partial charge in [-0.1, -0.05) is 6.07 Å². The summed E-state index contributed by atoms with van der Waals surface area (Å²) in [6.07, 6.45) is 3.00. The average molecular weight is 427 g/mol. The highest BCUT2D eigenvalue weighted by Crippen LogP contribution is 2.15. The van der Waals surface area contributed by atoms with Crippen LogP contribution in [0.25, 0.3) is 0 Å². The molecule has 164 valence electrons. The van der Waals surface area contributed by atoms with Gasteiger partial charge in [0.2, 0.25) is 11.9 Å². The van der Waals surface area contributed by atoms with Crippen molar-refractivity contribution >= 4 is 35.4 Å². The second kappa shape index (κ2) is 10.8. The Labute approximate surface area is 179 Å². The second-order valence-corrected chi connectivity index (χ2v) is 6.74. The number of aromatic nitrogens is 2. The normalized spacial score (nSPS) is 13.3. The number of hydrogen-bond donors (Lipinski definition) is 3. The molecule has 1 aliphatic rings. The quantitative estimate of drug-likeness (QED) is 0.637. The van der Waals surface area contributed by atoms with Gasteiger partial charge in [-0.15, -0.1) is 0 Å². The first-order valence-corrected chi connectivity index (χ1v) is 9.85. The zero-order valence-electron chi connectivity index (χ0n) is 17.2. The number of hydrogen-bond acceptors (Lipinski definition) is 7. The minimum atomic E-state index is -0.600. The van der Waals surface area contributed by atoms with Crippen LogP contribution in [0.3, 0.4) is 0 Å². The third-order valence-electron chi connectivity index (χ3n) is 4.64. The molecule has 1 aromatic carbocycles. The number of ether oxygens (including phenoxy) is 1. The lowest BCUT2D eigenvalue weighted by atomic mass is 10.2. The van der Waals surface area contributed by atoms with Crippen molar-refractivity contribution in [2.45, 2.75) is 6.42 Å². The number of carbonyl (C=O) groups is 3. The highest BCUT2D eigenvalue weighted by molar-refractivity contribution is 5.91. The van der Waals surface area contributed by atoms with Crippen LogP contribution in [-0.2, 0) is 9.53 Å². The smallest absolute Gasteiger partial charge is 0.411 e. The molecule has 3 rings (SSSR count). The molecule has 0 unspecified atom stereocenters. The molecule has 0 spiro atoms. The molecule has 1 aromatic heterocycles. The number of amides is 4. The first-order chi connectivity index (χ1) is 15.0. The molecule has 11 heteroatoms. The van der Waals surface area contributed by atoms with E-state index in [1.54, 1.807) is 47.6 Å². The Morgan fingerprint density at radius 1 is 1.00 bits per heavy atom. The maximum atomic E-state index is 12.4. The SMILES string of the molecule is COC(=O)Nc1cccc(NC(=O)NCCC(=O)N2CCN(c3ncccn3)CC2)c1. The van der Waals surface area contributed by atoms with Gasteiger partial charge in [0.1, 0.15) is 0 Å². The number of benzene rings is 1. The summed E-state index contributed by atoms with van der Waals surface area (Å²) in [5.74, 6) is 0.650. The van der Waals surface area contributed by atoms with Crippen LogP contribution in [-0.4, -0.2) is 72.7 Å². The molecule has 4 amide bonds. The van der Waals surface area contributed by atoms with Gasteiger partial charge in [0.15, 0.2) is 0 Å². The van der Waals surface area contributed by atoms with Crippen LogP contribution in [0.2, 0.25) is 0 Å². The van der Waals surface area contributed by atoms with E-state index in [-0.39, 0.29) is 18.9 Å². The zero-order chi connectivity index (χ0) is 22.1.